The lowest BCUT2D eigenvalue weighted by Crippen LogP contribution is -2.40. The average Bonchev–Trinajstić information content (AvgIpc) is 2.82. The molecule has 0 aliphatic carbocycles. The van der Waals surface area contributed by atoms with E-state index >= 15 is 0 Å². The number of nitrogens with zero attached hydrogens (tertiary/aromatic N) is 1. The van der Waals surface area contributed by atoms with E-state index in [1.54, 1.807) is 37.4 Å². The van der Waals surface area contributed by atoms with Gasteiger partial charge in [-0.2, -0.15) is 0 Å². The normalized spacial score (nSPS) is 19.0. The third-order valence-electron chi connectivity index (χ3n) is 4.91. The Balaban J connectivity index is 1.72. The molecule has 0 bridgehead atoms. The first-order valence-corrected chi connectivity index (χ1v) is 8.60. The van der Waals surface area contributed by atoms with Crippen molar-refractivity contribution < 1.29 is 14.7 Å². The van der Waals surface area contributed by atoms with Crippen LogP contribution >= 0.6 is 11.6 Å². The first-order valence-electron chi connectivity index (χ1n) is 8.23. The molecule has 1 heterocycles. The Morgan fingerprint density at radius 3 is 2.58 bits per heavy atom. The summed E-state index contributed by atoms with van der Waals surface area (Å²) in [4.78, 5) is 26.8. The number of Topliss-reactive ketones (excluding diaryl/α,β-unsaturated/α-hetero) is 1. The number of amides is 1. The number of hydrogen-bond acceptors (Lipinski definition) is 3. The van der Waals surface area contributed by atoms with Crippen LogP contribution in [0.2, 0.25) is 5.02 Å². The largest absolute Gasteiger partial charge is 0.375 e. The predicted octanol–water partition coefficient (Wildman–Crippen LogP) is 3.93. The van der Waals surface area contributed by atoms with E-state index in [9.17, 15) is 14.7 Å². The number of fused-ring (bicyclic) bond motifs is 2. The summed E-state index contributed by atoms with van der Waals surface area (Å²) in [5.74, 6) is -0.822. The minimum absolute atomic E-state index is 0.298. The highest BCUT2D eigenvalue weighted by atomic mass is 35.5. The third kappa shape index (κ3) is 2.50. The van der Waals surface area contributed by atoms with E-state index in [1.807, 2.05) is 30.3 Å². The molecule has 0 spiro atoms. The lowest BCUT2D eigenvalue weighted by atomic mass is 9.87. The van der Waals surface area contributed by atoms with Crippen molar-refractivity contribution in [2.45, 2.75) is 12.0 Å². The van der Waals surface area contributed by atoms with Gasteiger partial charge in [-0.05, 0) is 35.0 Å². The van der Waals surface area contributed by atoms with Crippen LogP contribution in [-0.2, 0) is 10.4 Å². The van der Waals surface area contributed by atoms with Crippen LogP contribution in [-0.4, -0.2) is 23.8 Å². The van der Waals surface area contributed by atoms with Crippen LogP contribution in [0.4, 0.5) is 5.69 Å². The Morgan fingerprint density at radius 2 is 1.81 bits per heavy atom. The molecule has 1 atom stereocenters. The van der Waals surface area contributed by atoms with Gasteiger partial charge in [0.1, 0.15) is 0 Å². The summed E-state index contributed by atoms with van der Waals surface area (Å²) in [6.45, 7) is 0. The molecule has 3 aromatic rings. The zero-order valence-corrected chi connectivity index (χ0v) is 14.8. The second kappa shape index (κ2) is 5.94. The summed E-state index contributed by atoms with van der Waals surface area (Å²) in [5, 5.41) is 13.4. The van der Waals surface area contributed by atoms with Gasteiger partial charge in [-0.3, -0.25) is 9.59 Å². The maximum atomic E-state index is 12.8. The summed E-state index contributed by atoms with van der Waals surface area (Å²) >= 11 is 6.04. The molecule has 130 valence electrons. The topological polar surface area (TPSA) is 57.6 Å². The van der Waals surface area contributed by atoms with E-state index in [4.69, 9.17) is 11.6 Å². The second-order valence-corrected chi connectivity index (χ2v) is 6.98. The maximum Gasteiger partial charge on any atom is 0.263 e. The molecule has 5 heteroatoms. The summed E-state index contributed by atoms with van der Waals surface area (Å²) in [6, 6.07) is 18.0. The SMILES string of the molecule is CN1C(=O)C(O)(CC(=O)c2ccc3ccccc3c2)c2cc(Cl)ccc21. The van der Waals surface area contributed by atoms with Crippen molar-refractivity contribution in [2.75, 3.05) is 11.9 Å². The van der Waals surface area contributed by atoms with Gasteiger partial charge < -0.3 is 10.0 Å². The Hall–Kier alpha value is -2.69. The fraction of sp³-hybridized carbons (Fsp3) is 0.143. The molecule has 26 heavy (non-hydrogen) atoms. The first-order chi connectivity index (χ1) is 12.4. The smallest absolute Gasteiger partial charge is 0.263 e. The number of carbonyl (C=O) groups is 2. The third-order valence-corrected chi connectivity index (χ3v) is 5.15. The summed E-state index contributed by atoms with van der Waals surface area (Å²) < 4.78 is 0. The van der Waals surface area contributed by atoms with Gasteiger partial charge in [0, 0.05) is 23.2 Å². The van der Waals surface area contributed by atoms with Crippen LogP contribution < -0.4 is 4.90 Å². The van der Waals surface area contributed by atoms with Gasteiger partial charge in [-0.25, -0.2) is 0 Å². The van der Waals surface area contributed by atoms with Crippen molar-refractivity contribution >= 4 is 39.8 Å². The van der Waals surface area contributed by atoms with Gasteiger partial charge in [-0.1, -0.05) is 48.0 Å². The molecule has 4 nitrogen and oxygen atoms in total. The van der Waals surface area contributed by atoms with Crippen LogP contribution in [0, 0.1) is 0 Å². The Labute approximate surface area is 155 Å². The lowest BCUT2D eigenvalue weighted by Gasteiger charge is -2.21. The van der Waals surface area contributed by atoms with Crippen molar-refractivity contribution in [2.24, 2.45) is 0 Å². The van der Waals surface area contributed by atoms with E-state index in [2.05, 4.69) is 0 Å². The molecule has 0 fully saturated rings. The van der Waals surface area contributed by atoms with Gasteiger partial charge in [0.15, 0.2) is 11.4 Å². The fourth-order valence-electron chi connectivity index (χ4n) is 3.50. The molecular weight excluding hydrogens is 350 g/mol. The van der Waals surface area contributed by atoms with E-state index in [-0.39, 0.29) is 12.2 Å². The van der Waals surface area contributed by atoms with Gasteiger partial charge in [0.25, 0.3) is 5.91 Å². The van der Waals surface area contributed by atoms with E-state index in [0.29, 0.717) is 21.8 Å². The van der Waals surface area contributed by atoms with E-state index in [1.165, 1.54) is 4.90 Å². The summed E-state index contributed by atoms with van der Waals surface area (Å²) in [6.07, 6.45) is -0.331. The lowest BCUT2D eigenvalue weighted by molar-refractivity contribution is -0.135. The first kappa shape index (κ1) is 16.8. The van der Waals surface area contributed by atoms with Crippen LogP contribution in [0.25, 0.3) is 10.8 Å². The van der Waals surface area contributed by atoms with Crippen molar-refractivity contribution in [3.8, 4) is 0 Å². The molecule has 1 N–H and O–H groups in total. The second-order valence-electron chi connectivity index (χ2n) is 6.55. The number of carbonyl (C=O) groups excluding carboxylic acids is 2. The fourth-order valence-corrected chi connectivity index (χ4v) is 3.67. The molecule has 4 rings (SSSR count). The van der Waals surface area contributed by atoms with Crippen molar-refractivity contribution in [1.29, 1.82) is 0 Å². The zero-order chi connectivity index (χ0) is 18.5. The molecule has 0 radical (unpaired) electrons. The van der Waals surface area contributed by atoms with Crippen molar-refractivity contribution in [1.82, 2.24) is 0 Å². The average molecular weight is 366 g/mol. The Kier molecular flexibility index (Phi) is 3.83. The molecule has 1 unspecified atom stereocenters. The number of anilines is 1. The molecule has 3 aromatic carbocycles. The quantitative estimate of drug-likeness (QED) is 0.715. The number of benzene rings is 3. The molecule has 0 saturated heterocycles. The molecular formula is C21H16ClNO3. The monoisotopic (exact) mass is 365 g/mol. The van der Waals surface area contributed by atoms with Gasteiger partial charge in [-0.15, -0.1) is 0 Å². The van der Waals surface area contributed by atoms with E-state index in [0.717, 1.165) is 10.8 Å². The predicted molar refractivity (Wildman–Crippen MR) is 102 cm³/mol. The van der Waals surface area contributed by atoms with Gasteiger partial charge >= 0.3 is 0 Å². The highest BCUT2D eigenvalue weighted by Crippen LogP contribution is 2.43. The minimum atomic E-state index is -1.91. The van der Waals surface area contributed by atoms with Crippen molar-refractivity contribution in [3.05, 3.63) is 76.8 Å². The number of ketones is 1. The summed E-state index contributed by atoms with van der Waals surface area (Å²) in [5.41, 5.74) is -0.513. The molecule has 0 saturated carbocycles. The van der Waals surface area contributed by atoms with Gasteiger partial charge in [0.2, 0.25) is 0 Å². The zero-order valence-electron chi connectivity index (χ0n) is 14.1. The van der Waals surface area contributed by atoms with Gasteiger partial charge in [0.05, 0.1) is 12.1 Å². The number of rotatable bonds is 3. The van der Waals surface area contributed by atoms with Crippen LogP contribution in [0.1, 0.15) is 22.3 Å². The van der Waals surface area contributed by atoms with Crippen molar-refractivity contribution in [3.63, 3.8) is 0 Å². The highest BCUT2D eigenvalue weighted by molar-refractivity contribution is 6.31. The molecule has 1 aliphatic rings. The highest BCUT2D eigenvalue weighted by Gasteiger charge is 2.49. The Bertz CT molecular complexity index is 1060. The maximum absolute atomic E-state index is 12.8. The number of halogens is 1. The van der Waals surface area contributed by atoms with E-state index < -0.39 is 11.5 Å². The summed E-state index contributed by atoms with van der Waals surface area (Å²) in [7, 11) is 1.58. The number of hydrogen-bond donors (Lipinski definition) is 1. The molecule has 1 amide bonds. The van der Waals surface area contributed by atoms with Crippen LogP contribution in [0.3, 0.4) is 0 Å². The molecule has 0 aromatic heterocycles. The van der Waals surface area contributed by atoms with Crippen LogP contribution in [0.5, 0.6) is 0 Å². The minimum Gasteiger partial charge on any atom is -0.375 e. The number of likely N-dealkylation sites (N-methyl/N-ethyl adjacent to an activating group) is 1. The Morgan fingerprint density at radius 1 is 1.08 bits per heavy atom. The molecule has 1 aliphatic heterocycles. The van der Waals surface area contributed by atoms with Crippen LogP contribution in [0.15, 0.2) is 60.7 Å². The standard InChI is InChI=1S/C21H16ClNO3/c1-23-18-9-8-16(22)11-17(18)21(26,20(23)25)12-19(24)15-7-6-13-4-2-3-5-14(13)10-15/h2-11,26H,12H2,1H3. The number of aliphatic hydroxyl groups is 1.